The Hall–Kier alpha value is -2.36. The molecular formula is C24H25ClO3. The monoisotopic (exact) mass is 396 g/mol. The number of aryl methyl sites for hydroxylation is 1. The van der Waals surface area contributed by atoms with Gasteiger partial charge in [0.2, 0.25) is 0 Å². The first-order chi connectivity index (χ1) is 13.2. The molecule has 0 aliphatic heterocycles. The Morgan fingerprint density at radius 3 is 2.32 bits per heavy atom. The SMILES string of the molecule is CCc1cc2ccccc2c(-c2ccc(Cl)cc2)c1[C@H](OC(C)(C)C)C(=O)O. The lowest BCUT2D eigenvalue weighted by atomic mass is 9.86. The van der Waals surface area contributed by atoms with Crippen molar-refractivity contribution in [3.63, 3.8) is 0 Å². The third kappa shape index (κ3) is 4.21. The Labute approximate surface area is 170 Å². The third-order valence-electron chi connectivity index (χ3n) is 4.65. The fourth-order valence-corrected chi connectivity index (χ4v) is 3.65. The lowest BCUT2D eigenvalue weighted by molar-refractivity contribution is -0.160. The first kappa shape index (κ1) is 20.4. The largest absolute Gasteiger partial charge is 0.479 e. The second kappa shape index (κ2) is 7.94. The Balaban J connectivity index is 2.40. The number of benzene rings is 3. The summed E-state index contributed by atoms with van der Waals surface area (Å²) >= 11 is 6.10. The molecule has 0 amide bonds. The van der Waals surface area contributed by atoms with Gasteiger partial charge in [0.25, 0.3) is 0 Å². The molecule has 28 heavy (non-hydrogen) atoms. The van der Waals surface area contributed by atoms with Gasteiger partial charge in [0.05, 0.1) is 5.60 Å². The number of carboxylic acid groups (broad SMARTS) is 1. The van der Waals surface area contributed by atoms with E-state index in [-0.39, 0.29) is 0 Å². The molecule has 0 saturated heterocycles. The standard InChI is InChI=1S/C24H25ClO3/c1-5-15-14-17-8-6-7-9-19(17)20(16-10-12-18(25)13-11-16)21(15)22(23(26)27)28-24(2,3)4/h6-14,22H,5H2,1-4H3,(H,26,27)/t22-/m0/s1. The van der Waals surface area contributed by atoms with Crippen molar-refractivity contribution in [1.82, 2.24) is 0 Å². The Morgan fingerprint density at radius 1 is 1.11 bits per heavy atom. The van der Waals surface area contributed by atoms with E-state index in [1.807, 2.05) is 70.2 Å². The van der Waals surface area contributed by atoms with Crippen molar-refractivity contribution in [2.45, 2.75) is 45.8 Å². The van der Waals surface area contributed by atoms with E-state index >= 15 is 0 Å². The van der Waals surface area contributed by atoms with Gasteiger partial charge in [-0.15, -0.1) is 0 Å². The van der Waals surface area contributed by atoms with Crippen LogP contribution < -0.4 is 0 Å². The van der Waals surface area contributed by atoms with Gasteiger partial charge in [0, 0.05) is 10.6 Å². The first-order valence-corrected chi connectivity index (χ1v) is 9.80. The maximum Gasteiger partial charge on any atom is 0.337 e. The first-order valence-electron chi connectivity index (χ1n) is 9.42. The number of aliphatic carboxylic acids is 1. The fourth-order valence-electron chi connectivity index (χ4n) is 3.53. The molecule has 3 aromatic rings. The zero-order chi connectivity index (χ0) is 20.5. The Morgan fingerprint density at radius 2 is 1.75 bits per heavy atom. The van der Waals surface area contributed by atoms with E-state index in [1.54, 1.807) is 0 Å². The van der Waals surface area contributed by atoms with E-state index in [0.29, 0.717) is 17.0 Å². The summed E-state index contributed by atoms with van der Waals surface area (Å²) < 4.78 is 6.04. The molecule has 3 rings (SSSR count). The molecule has 1 N–H and O–H groups in total. The van der Waals surface area contributed by atoms with Gasteiger partial charge in [-0.1, -0.05) is 61.0 Å². The second-order valence-electron chi connectivity index (χ2n) is 7.85. The summed E-state index contributed by atoms with van der Waals surface area (Å²) in [6, 6.07) is 17.6. The molecule has 0 spiro atoms. The van der Waals surface area contributed by atoms with Crippen LogP contribution in [0.4, 0.5) is 0 Å². The van der Waals surface area contributed by atoms with Gasteiger partial charge >= 0.3 is 5.97 Å². The molecule has 0 aliphatic carbocycles. The molecule has 4 heteroatoms. The van der Waals surface area contributed by atoms with Crippen LogP contribution in [0.25, 0.3) is 21.9 Å². The summed E-state index contributed by atoms with van der Waals surface area (Å²) in [6.07, 6.45) is -0.358. The number of carbonyl (C=O) groups is 1. The number of halogens is 1. The molecule has 0 aromatic heterocycles. The van der Waals surface area contributed by atoms with E-state index in [1.165, 1.54) is 0 Å². The van der Waals surface area contributed by atoms with Crippen LogP contribution in [0.3, 0.4) is 0 Å². The van der Waals surface area contributed by atoms with Gasteiger partial charge in [-0.05, 0) is 66.8 Å². The zero-order valence-corrected chi connectivity index (χ0v) is 17.4. The van der Waals surface area contributed by atoms with E-state index in [2.05, 4.69) is 12.1 Å². The number of ether oxygens (including phenoxy) is 1. The van der Waals surface area contributed by atoms with Gasteiger partial charge in [0.15, 0.2) is 6.10 Å². The minimum absolute atomic E-state index is 0.600. The summed E-state index contributed by atoms with van der Waals surface area (Å²) in [4.78, 5) is 12.3. The van der Waals surface area contributed by atoms with Crippen LogP contribution in [0.5, 0.6) is 0 Å². The number of carboxylic acids is 1. The summed E-state index contributed by atoms with van der Waals surface area (Å²) in [5.41, 5.74) is 2.90. The van der Waals surface area contributed by atoms with Gasteiger partial charge < -0.3 is 9.84 Å². The Bertz CT molecular complexity index is 1000. The number of fused-ring (bicyclic) bond motifs is 1. The predicted octanol–water partition coefficient (Wildman–Crippen LogP) is 6.66. The average Bonchev–Trinajstić information content (AvgIpc) is 2.64. The highest BCUT2D eigenvalue weighted by Gasteiger charge is 2.31. The van der Waals surface area contributed by atoms with Crippen molar-refractivity contribution in [3.8, 4) is 11.1 Å². The number of rotatable bonds is 5. The van der Waals surface area contributed by atoms with E-state index in [4.69, 9.17) is 16.3 Å². The van der Waals surface area contributed by atoms with E-state index in [9.17, 15) is 9.90 Å². The van der Waals surface area contributed by atoms with Gasteiger partial charge in [0.1, 0.15) is 0 Å². The number of hydrogen-bond donors (Lipinski definition) is 1. The second-order valence-corrected chi connectivity index (χ2v) is 8.29. The van der Waals surface area contributed by atoms with Crippen LogP contribution in [0.15, 0.2) is 54.6 Å². The van der Waals surface area contributed by atoms with Crippen LogP contribution >= 0.6 is 11.6 Å². The third-order valence-corrected chi connectivity index (χ3v) is 4.90. The number of hydrogen-bond acceptors (Lipinski definition) is 2. The molecule has 0 unspecified atom stereocenters. The lowest BCUT2D eigenvalue weighted by Gasteiger charge is -2.29. The lowest BCUT2D eigenvalue weighted by Crippen LogP contribution is -2.28. The van der Waals surface area contributed by atoms with Crippen molar-refractivity contribution in [3.05, 3.63) is 70.7 Å². The van der Waals surface area contributed by atoms with Crippen LogP contribution in [-0.4, -0.2) is 16.7 Å². The predicted molar refractivity (Wildman–Crippen MR) is 115 cm³/mol. The molecule has 0 bridgehead atoms. The van der Waals surface area contributed by atoms with E-state index in [0.717, 1.165) is 27.5 Å². The normalized spacial score (nSPS) is 12.9. The van der Waals surface area contributed by atoms with E-state index < -0.39 is 17.7 Å². The molecular weight excluding hydrogens is 372 g/mol. The topological polar surface area (TPSA) is 46.5 Å². The zero-order valence-electron chi connectivity index (χ0n) is 16.6. The molecule has 146 valence electrons. The van der Waals surface area contributed by atoms with Gasteiger partial charge in [-0.3, -0.25) is 0 Å². The highest BCUT2D eigenvalue weighted by atomic mass is 35.5. The summed E-state index contributed by atoms with van der Waals surface area (Å²) in [7, 11) is 0. The van der Waals surface area contributed by atoms with Crippen LogP contribution in [-0.2, 0) is 16.0 Å². The summed E-state index contributed by atoms with van der Waals surface area (Å²) in [5, 5.41) is 12.8. The minimum atomic E-state index is -1.06. The van der Waals surface area contributed by atoms with Crippen LogP contribution in [0.1, 0.15) is 44.9 Å². The maximum atomic E-state index is 12.3. The minimum Gasteiger partial charge on any atom is -0.479 e. The molecule has 0 radical (unpaired) electrons. The van der Waals surface area contributed by atoms with Crippen LogP contribution in [0.2, 0.25) is 5.02 Å². The Kier molecular flexibility index (Phi) is 5.78. The van der Waals surface area contributed by atoms with Crippen molar-refractivity contribution in [2.24, 2.45) is 0 Å². The van der Waals surface area contributed by atoms with Crippen molar-refractivity contribution >= 4 is 28.3 Å². The maximum absolute atomic E-state index is 12.3. The van der Waals surface area contributed by atoms with Gasteiger partial charge in [-0.25, -0.2) is 4.79 Å². The summed E-state index contributed by atoms with van der Waals surface area (Å²) in [5.74, 6) is -0.991. The highest BCUT2D eigenvalue weighted by Crippen LogP contribution is 2.41. The van der Waals surface area contributed by atoms with Crippen molar-refractivity contribution < 1.29 is 14.6 Å². The fraction of sp³-hybridized carbons (Fsp3) is 0.292. The highest BCUT2D eigenvalue weighted by molar-refractivity contribution is 6.30. The molecule has 0 fully saturated rings. The molecule has 0 saturated carbocycles. The van der Waals surface area contributed by atoms with Crippen molar-refractivity contribution in [1.29, 1.82) is 0 Å². The molecule has 1 atom stereocenters. The van der Waals surface area contributed by atoms with Crippen LogP contribution in [0, 0.1) is 0 Å². The molecule has 0 aliphatic rings. The molecule has 3 aromatic carbocycles. The molecule has 0 heterocycles. The quantitative estimate of drug-likeness (QED) is 0.524. The van der Waals surface area contributed by atoms with Gasteiger partial charge in [-0.2, -0.15) is 0 Å². The average molecular weight is 397 g/mol. The summed E-state index contributed by atoms with van der Waals surface area (Å²) in [6.45, 7) is 7.65. The smallest absolute Gasteiger partial charge is 0.337 e. The molecule has 3 nitrogen and oxygen atoms in total. The van der Waals surface area contributed by atoms with Crippen molar-refractivity contribution in [2.75, 3.05) is 0 Å².